The van der Waals surface area contributed by atoms with E-state index in [4.69, 9.17) is 4.74 Å². The van der Waals surface area contributed by atoms with Crippen molar-refractivity contribution >= 4 is 10.9 Å². The van der Waals surface area contributed by atoms with Crippen molar-refractivity contribution in [2.75, 3.05) is 19.7 Å². The van der Waals surface area contributed by atoms with Crippen LogP contribution in [-0.2, 0) is 12.7 Å². The molecule has 0 aliphatic heterocycles. The van der Waals surface area contributed by atoms with E-state index in [9.17, 15) is 17.6 Å². The number of nitrogens with one attached hydrogen (secondary N) is 1. The summed E-state index contributed by atoms with van der Waals surface area (Å²) in [4.78, 5) is 5.15. The molecule has 3 aromatic carbocycles. The smallest absolute Gasteiger partial charge is 0.419 e. The summed E-state index contributed by atoms with van der Waals surface area (Å²) in [6.07, 6.45) is -2.23. The van der Waals surface area contributed by atoms with Crippen molar-refractivity contribution < 1.29 is 22.3 Å². The lowest BCUT2D eigenvalue weighted by atomic mass is 10.00. The predicted molar refractivity (Wildman–Crippen MR) is 130 cm³/mol. The molecule has 1 aromatic heterocycles. The van der Waals surface area contributed by atoms with Crippen LogP contribution in [-0.4, -0.2) is 29.6 Å². The van der Waals surface area contributed by atoms with Crippen molar-refractivity contribution in [1.82, 2.24) is 9.88 Å². The van der Waals surface area contributed by atoms with Gasteiger partial charge in [0.2, 0.25) is 0 Å². The molecule has 1 N–H and O–H groups in total. The maximum absolute atomic E-state index is 14.7. The van der Waals surface area contributed by atoms with Crippen LogP contribution in [0.3, 0.4) is 0 Å². The number of hydrogen-bond acceptors (Lipinski definition) is 2. The number of benzene rings is 3. The maximum atomic E-state index is 14.7. The van der Waals surface area contributed by atoms with E-state index in [1.807, 2.05) is 65.7 Å². The van der Waals surface area contributed by atoms with Crippen LogP contribution in [0.5, 0.6) is 5.75 Å². The topological polar surface area (TPSA) is 28.3 Å². The van der Waals surface area contributed by atoms with Gasteiger partial charge in [0.25, 0.3) is 0 Å². The van der Waals surface area contributed by atoms with Gasteiger partial charge in [-0.25, -0.2) is 4.39 Å². The molecular weight excluding hydrogens is 456 g/mol. The molecule has 0 fully saturated rings. The number of aromatic nitrogens is 1. The normalized spacial score (nSPS) is 12.9. The van der Waals surface area contributed by atoms with E-state index >= 15 is 0 Å². The Hall–Kier alpha value is -3.32. The largest absolute Gasteiger partial charge is 0.493 e. The number of rotatable bonds is 10. The third-order valence-corrected chi connectivity index (χ3v) is 6.11. The minimum Gasteiger partial charge on any atom is -0.493 e. The number of halogens is 4. The Bertz CT molecular complexity index is 1240. The second-order valence-electron chi connectivity index (χ2n) is 8.72. The average molecular weight is 485 g/mol. The monoisotopic (exact) mass is 484 g/mol. The highest BCUT2D eigenvalue weighted by atomic mass is 19.4. The van der Waals surface area contributed by atoms with Crippen LogP contribution in [0, 0.1) is 5.82 Å². The molecule has 0 aliphatic rings. The molecule has 0 unspecified atom stereocenters. The zero-order valence-corrected chi connectivity index (χ0v) is 19.5. The number of hydrogen-bond donors (Lipinski definition) is 1. The first-order valence-electron chi connectivity index (χ1n) is 11.6. The van der Waals surface area contributed by atoms with Gasteiger partial charge in [-0.2, -0.15) is 13.2 Å². The van der Waals surface area contributed by atoms with Gasteiger partial charge in [-0.1, -0.05) is 55.5 Å². The first-order valence-corrected chi connectivity index (χ1v) is 11.6. The minimum atomic E-state index is -4.73. The quantitative estimate of drug-likeness (QED) is 0.188. The fourth-order valence-corrected chi connectivity index (χ4v) is 4.32. The van der Waals surface area contributed by atoms with Crippen LogP contribution in [0.4, 0.5) is 17.6 Å². The van der Waals surface area contributed by atoms with Crippen molar-refractivity contribution in [2.45, 2.75) is 32.0 Å². The summed E-state index contributed by atoms with van der Waals surface area (Å²) in [6.45, 7) is 3.71. The summed E-state index contributed by atoms with van der Waals surface area (Å²) in [7, 11) is 0. The van der Waals surface area contributed by atoms with Gasteiger partial charge in [0.05, 0.1) is 12.2 Å². The molecule has 0 aliphatic carbocycles. The van der Waals surface area contributed by atoms with Crippen LogP contribution in [0.2, 0.25) is 0 Å². The summed E-state index contributed by atoms with van der Waals surface area (Å²) < 4.78 is 60.4. The SMILES string of the molecule is C[C@H](CN(CCCOc1cccc2[nH]ccc12)Cc1cccc(C(F)(F)F)c1F)c1ccccc1. The Balaban J connectivity index is 1.45. The van der Waals surface area contributed by atoms with Gasteiger partial charge in [-0.05, 0) is 42.2 Å². The van der Waals surface area contributed by atoms with Crippen molar-refractivity contribution in [3.63, 3.8) is 0 Å². The van der Waals surface area contributed by atoms with Gasteiger partial charge < -0.3 is 9.72 Å². The van der Waals surface area contributed by atoms with Gasteiger partial charge in [-0.15, -0.1) is 0 Å². The lowest BCUT2D eigenvalue weighted by Gasteiger charge is -2.27. The third-order valence-electron chi connectivity index (χ3n) is 6.11. The molecule has 3 nitrogen and oxygen atoms in total. The fraction of sp³-hybridized carbons (Fsp3) is 0.286. The van der Waals surface area contributed by atoms with Crippen LogP contribution < -0.4 is 4.74 Å². The summed E-state index contributed by atoms with van der Waals surface area (Å²) in [6, 6.07) is 21.1. The van der Waals surface area contributed by atoms with Crippen molar-refractivity contribution in [3.8, 4) is 5.75 Å². The highest BCUT2D eigenvalue weighted by molar-refractivity contribution is 5.85. The maximum Gasteiger partial charge on any atom is 0.419 e. The van der Waals surface area contributed by atoms with Gasteiger partial charge >= 0.3 is 6.18 Å². The molecule has 0 saturated carbocycles. The molecule has 0 bridgehead atoms. The Labute approximate surface area is 202 Å². The van der Waals surface area contributed by atoms with E-state index in [0.29, 0.717) is 26.1 Å². The van der Waals surface area contributed by atoms with Gasteiger partial charge in [0.1, 0.15) is 11.6 Å². The van der Waals surface area contributed by atoms with E-state index in [-0.39, 0.29) is 18.0 Å². The predicted octanol–water partition coefficient (Wildman–Crippen LogP) is 7.40. The third kappa shape index (κ3) is 6.22. The number of H-pyrrole nitrogens is 1. The number of fused-ring (bicyclic) bond motifs is 1. The van der Waals surface area contributed by atoms with Crippen LogP contribution in [0.25, 0.3) is 10.9 Å². The molecule has 7 heteroatoms. The van der Waals surface area contributed by atoms with Gasteiger partial charge in [0.15, 0.2) is 0 Å². The molecule has 184 valence electrons. The molecule has 1 atom stereocenters. The molecular formula is C28H28F4N2O. The Kier molecular flexibility index (Phi) is 7.76. The number of aromatic amines is 1. The molecule has 0 spiro atoms. The van der Waals surface area contributed by atoms with Crippen molar-refractivity contribution in [1.29, 1.82) is 0 Å². The summed E-state index contributed by atoms with van der Waals surface area (Å²) >= 11 is 0. The number of alkyl halides is 3. The number of nitrogens with zero attached hydrogens (tertiary/aromatic N) is 1. The Morgan fingerprint density at radius 2 is 1.71 bits per heavy atom. The summed E-state index contributed by atoms with van der Waals surface area (Å²) in [5.74, 6) is -0.302. The van der Waals surface area contributed by atoms with Crippen LogP contribution >= 0.6 is 0 Å². The lowest BCUT2D eigenvalue weighted by molar-refractivity contribution is -0.140. The molecule has 4 aromatic rings. The summed E-state index contributed by atoms with van der Waals surface area (Å²) in [5, 5.41) is 0.994. The molecule has 1 heterocycles. The second kappa shape index (κ2) is 11.0. The van der Waals surface area contributed by atoms with E-state index < -0.39 is 17.6 Å². The number of ether oxygens (including phenoxy) is 1. The average Bonchev–Trinajstić information content (AvgIpc) is 3.32. The van der Waals surface area contributed by atoms with Crippen LogP contribution in [0.15, 0.2) is 79.0 Å². The van der Waals surface area contributed by atoms with Crippen LogP contribution in [0.1, 0.15) is 36.0 Å². The standard InChI is InChI=1S/C28H28F4N2O/c1-20(21-8-3-2-4-9-21)18-34(19-22-10-5-11-24(27(22)29)28(30,31)32)16-7-17-35-26-13-6-12-25-23(26)14-15-33-25/h2-6,8-15,20,33H,7,16-19H2,1H3/t20-/m1/s1. The van der Waals surface area contributed by atoms with Crippen molar-refractivity contribution in [2.24, 2.45) is 0 Å². The molecule has 0 saturated heterocycles. The molecule has 35 heavy (non-hydrogen) atoms. The van der Waals surface area contributed by atoms with Crippen molar-refractivity contribution in [3.05, 3.63) is 102 Å². The van der Waals surface area contributed by atoms with Gasteiger partial charge in [0, 0.05) is 42.3 Å². The van der Waals surface area contributed by atoms with E-state index in [0.717, 1.165) is 28.3 Å². The first-order chi connectivity index (χ1) is 16.8. The minimum absolute atomic E-state index is 0.0399. The Morgan fingerprint density at radius 1 is 0.943 bits per heavy atom. The second-order valence-corrected chi connectivity index (χ2v) is 8.72. The Morgan fingerprint density at radius 3 is 2.49 bits per heavy atom. The highest BCUT2D eigenvalue weighted by Crippen LogP contribution is 2.33. The molecule has 0 radical (unpaired) electrons. The zero-order chi connectivity index (χ0) is 24.8. The zero-order valence-electron chi connectivity index (χ0n) is 19.5. The fourth-order valence-electron chi connectivity index (χ4n) is 4.32. The van der Waals surface area contributed by atoms with Gasteiger partial charge in [-0.3, -0.25) is 4.90 Å². The molecule has 4 rings (SSSR count). The van der Waals surface area contributed by atoms with E-state index in [1.54, 1.807) is 0 Å². The molecule has 0 amide bonds. The highest BCUT2D eigenvalue weighted by Gasteiger charge is 2.35. The first kappa shape index (κ1) is 24.8. The van der Waals surface area contributed by atoms with E-state index in [2.05, 4.69) is 11.9 Å². The lowest BCUT2D eigenvalue weighted by Crippen LogP contribution is -2.30. The summed E-state index contributed by atoms with van der Waals surface area (Å²) in [5.41, 5.74) is 0.922. The van der Waals surface area contributed by atoms with E-state index in [1.165, 1.54) is 12.1 Å².